The van der Waals surface area contributed by atoms with E-state index in [2.05, 4.69) is 0 Å². The van der Waals surface area contributed by atoms with Gasteiger partial charge in [0.25, 0.3) is 0 Å². The lowest BCUT2D eigenvalue weighted by Gasteiger charge is -1.92. The van der Waals surface area contributed by atoms with Crippen molar-refractivity contribution in [1.82, 2.24) is 0 Å². The van der Waals surface area contributed by atoms with Crippen LogP contribution in [0.15, 0.2) is 35.7 Å². The van der Waals surface area contributed by atoms with Crippen molar-refractivity contribution >= 4 is 33.5 Å². The minimum absolute atomic E-state index is 0.915. The fraction of sp³-hybridized carbons (Fsp3) is 0. The molecule has 70 valence electrons. The fourth-order valence-corrected chi connectivity index (χ4v) is 2.03. The molecule has 0 radical (unpaired) electrons. The molecule has 0 aliphatic heterocycles. The second kappa shape index (κ2) is 3.64. The van der Waals surface area contributed by atoms with Crippen LogP contribution in [0.5, 0.6) is 0 Å². The van der Waals surface area contributed by atoms with Crippen molar-refractivity contribution in [2.45, 2.75) is 0 Å². The van der Waals surface area contributed by atoms with Gasteiger partial charge < -0.3 is 5.11 Å². The molecule has 2 aromatic rings. The summed E-state index contributed by atoms with van der Waals surface area (Å²) in [5.74, 6) is -0.921. The molecular formula is C11H8O2S. The van der Waals surface area contributed by atoms with Gasteiger partial charge in [-0.3, -0.25) is 0 Å². The van der Waals surface area contributed by atoms with Gasteiger partial charge in [0, 0.05) is 10.8 Å². The van der Waals surface area contributed by atoms with Gasteiger partial charge >= 0.3 is 5.97 Å². The quantitative estimate of drug-likeness (QED) is 0.763. The van der Waals surface area contributed by atoms with Crippen LogP contribution in [0.4, 0.5) is 0 Å². The normalized spacial score (nSPS) is 11.1. The first-order chi connectivity index (χ1) is 6.75. The van der Waals surface area contributed by atoms with E-state index >= 15 is 0 Å². The Morgan fingerprint density at radius 1 is 1.36 bits per heavy atom. The van der Waals surface area contributed by atoms with Crippen molar-refractivity contribution < 1.29 is 9.90 Å². The molecule has 1 N–H and O–H groups in total. The van der Waals surface area contributed by atoms with E-state index < -0.39 is 5.97 Å². The monoisotopic (exact) mass is 204 g/mol. The molecule has 14 heavy (non-hydrogen) atoms. The zero-order chi connectivity index (χ0) is 9.97. The average Bonchev–Trinajstić information content (AvgIpc) is 2.61. The Labute approximate surface area is 85.1 Å². The summed E-state index contributed by atoms with van der Waals surface area (Å²) in [6, 6.07) is 7.92. The Morgan fingerprint density at radius 3 is 3.00 bits per heavy atom. The van der Waals surface area contributed by atoms with E-state index in [0.717, 1.165) is 17.0 Å². The molecule has 0 fully saturated rings. The number of carboxylic acids is 1. The molecule has 0 aliphatic rings. The molecule has 0 saturated heterocycles. The molecule has 2 rings (SSSR count). The molecule has 0 aliphatic carbocycles. The van der Waals surface area contributed by atoms with Gasteiger partial charge in [-0.05, 0) is 40.6 Å². The van der Waals surface area contributed by atoms with Gasteiger partial charge in [-0.2, -0.15) is 0 Å². The summed E-state index contributed by atoms with van der Waals surface area (Å²) in [5.41, 5.74) is 0.915. The van der Waals surface area contributed by atoms with Crippen LogP contribution >= 0.6 is 11.3 Å². The Balaban J connectivity index is 2.39. The topological polar surface area (TPSA) is 37.3 Å². The number of thiophene rings is 1. The molecule has 0 atom stereocenters. The smallest absolute Gasteiger partial charge is 0.328 e. The summed E-state index contributed by atoms with van der Waals surface area (Å²) in [6.07, 6.45) is 2.74. The standard InChI is InChI=1S/C11H8O2S/c12-11(13)4-2-8-1-3-10-9(7-8)5-6-14-10/h1-7H,(H,12,13)/b4-2+. The number of carboxylic acid groups (broad SMARTS) is 1. The van der Waals surface area contributed by atoms with Crippen LogP contribution in [0.1, 0.15) is 5.56 Å². The summed E-state index contributed by atoms with van der Waals surface area (Å²) in [5, 5.41) is 11.6. The number of rotatable bonds is 2. The molecule has 0 saturated carbocycles. The van der Waals surface area contributed by atoms with Crippen molar-refractivity contribution in [3.8, 4) is 0 Å². The summed E-state index contributed by atoms with van der Waals surface area (Å²) >= 11 is 1.68. The average molecular weight is 204 g/mol. The van der Waals surface area contributed by atoms with E-state index in [1.807, 2.05) is 29.6 Å². The highest BCUT2D eigenvalue weighted by Crippen LogP contribution is 2.22. The molecular weight excluding hydrogens is 196 g/mol. The van der Waals surface area contributed by atoms with Crippen LogP contribution in [-0.4, -0.2) is 11.1 Å². The first-order valence-electron chi connectivity index (χ1n) is 4.14. The largest absolute Gasteiger partial charge is 0.478 e. The summed E-state index contributed by atoms with van der Waals surface area (Å²) in [6.45, 7) is 0. The third-order valence-corrected chi connectivity index (χ3v) is 2.79. The van der Waals surface area contributed by atoms with Crippen molar-refractivity contribution in [2.75, 3.05) is 0 Å². The van der Waals surface area contributed by atoms with Crippen molar-refractivity contribution in [1.29, 1.82) is 0 Å². The maximum absolute atomic E-state index is 10.3. The highest BCUT2D eigenvalue weighted by atomic mass is 32.1. The fourth-order valence-electron chi connectivity index (χ4n) is 1.26. The third-order valence-electron chi connectivity index (χ3n) is 1.89. The zero-order valence-corrected chi connectivity index (χ0v) is 8.12. The lowest BCUT2D eigenvalue weighted by molar-refractivity contribution is -0.131. The first kappa shape index (κ1) is 8.97. The highest BCUT2D eigenvalue weighted by Gasteiger charge is 1.95. The third kappa shape index (κ3) is 1.83. The van der Waals surface area contributed by atoms with E-state index in [1.165, 1.54) is 4.70 Å². The van der Waals surface area contributed by atoms with E-state index in [4.69, 9.17) is 5.11 Å². The van der Waals surface area contributed by atoms with Crippen molar-refractivity contribution in [2.24, 2.45) is 0 Å². The second-order valence-electron chi connectivity index (χ2n) is 2.89. The van der Waals surface area contributed by atoms with E-state index in [0.29, 0.717) is 0 Å². The molecule has 1 heterocycles. The zero-order valence-electron chi connectivity index (χ0n) is 7.31. The maximum Gasteiger partial charge on any atom is 0.328 e. The summed E-state index contributed by atoms with van der Waals surface area (Å²) in [4.78, 5) is 10.3. The molecule has 1 aromatic heterocycles. The van der Waals surface area contributed by atoms with E-state index in [9.17, 15) is 4.79 Å². The van der Waals surface area contributed by atoms with Crippen LogP contribution in [0.3, 0.4) is 0 Å². The van der Waals surface area contributed by atoms with Gasteiger partial charge in [0.05, 0.1) is 0 Å². The van der Waals surface area contributed by atoms with Crippen LogP contribution in [0.2, 0.25) is 0 Å². The van der Waals surface area contributed by atoms with Gasteiger partial charge in [0.15, 0.2) is 0 Å². The Hall–Kier alpha value is -1.61. The predicted molar refractivity (Wildman–Crippen MR) is 58.5 cm³/mol. The van der Waals surface area contributed by atoms with Gasteiger partial charge in [0.1, 0.15) is 0 Å². The number of hydrogen-bond donors (Lipinski definition) is 1. The molecule has 0 amide bonds. The molecule has 1 aromatic carbocycles. The minimum Gasteiger partial charge on any atom is -0.478 e. The Bertz CT molecular complexity index is 497. The number of fused-ring (bicyclic) bond motifs is 1. The van der Waals surface area contributed by atoms with Gasteiger partial charge in [-0.25, -0.2) is 4.79 Å². The van der Waals surface area contributed by atoms with Gasteiger partial charge in [-0.1, -0.05) is 6.07 Å². The molecule has 0 unspecified atom stereocenters. The van der Waals surface area contributed by atoms with E-state index in [-0.39, 0.29) is 0 Å². The maximum atomic E-state index is 10.3. The SMILES string of the molecule is O=C(O)/C=C/c1ccc2sccc2c1. The highest BCUT2D eigenvalue weighted by molar-refractivity contribution is 7.17. The number of benzene rings is 1. The predicted octanol–water partition coefficient (Wildman–Crippen LogP) is 3.00. The number of aliphatic carboxylic acids is 1. The minimum atomic E-state index is -0.921. The van der Waals surface area contributed by atoms with Crippen LogP contribution in [0, 0.1) is 0 Å². The lowest BCUT2D eigenvalue weighted by atomic mass is 10.1. The number of hydrogen-bond acceptors (Lipinski definition) is 2. The molecule has 2 nitrogen and oxygen atoms in total. The molecule has 0 spiro atoms. The van der Waals surface area contributed by atoms with E-state index in [1.54, 1.807) is 17.4 Å². The summed E-state index contributed by atoms with van der Waals surface area (Å²) in [7, 11) is 0. The van der Waals surface area contributed by atoms with Crippen molar-refractivity contribution in [3.05, 3.63) is 41.3 Å². The van der Waals surface area contributed by atoms with Crippen LogP contribution in [-0.2, 0) is 4.79 Å². The Kier molecular flexibility index (Phi) is 2.33. The Morgan fingerprint density at radius 2 is 2.21 bits per heavy atom. The van der Waals surface area contributed by atoms with Crippen LogP contribution < -0.4 is 0 Å². The molecule has 3 heteroatoms. The second-order valence-corrected chi connectivity index (χ2v) is 3.84. The first-order valence-corrected chi connectivity index (χ1v) is 5.02. The number of carbonyl (C=O) groups is 1. The lowest BCUT2D eigenvalue weighted by Crippen LogP contribution is -1.85. The van der Waals surface area contributed by atoms with Gasteiger partial charge in [0.2, 0.25) is 0 Å². The van der Waals surface area contributed by atoms with Crippen molar-refractivity contribution in [3.63, 3.8) is 0 Å². The van der Waals surface area contributed by atoms with Gasteiger partial charge in [-0.15, -0.1) is 11.3 Å². The summed E-state index contributed by atoms with van der Waals surface area (Å²) < 4.78 is 1.22. The molecule has 0 bridgehead atoms. The van der Waals surface area contributed by atoms with Crippen LogP contribution in [0.25, 0.3) is 16.2 Å².